The molecule has 32 heavy (non-hydrogen) atoms. The van der Waals surface area contributed by atoms with Crippen LogP contribution in [0.15, 0.2) is 48.5 Å². The number of ether oxygens (including phenoxy) is 1. The van der Waals surface area contributed by atoms with E-state index < -0.39 is 4.92 Å². The minimum Gasteiger partial charge on any atom is -0.461 e. The lowest BCUT2D eigenvalue weighted by molar-refractivity contribution is -0.384. The van der Waals surface area contributed by atoms with Crippen LogP contribution in [0.25, 0.3) is 22.4 Å². The van der Waals surface area contributed by atoms with Crippen molar-refractivity contribution in [1.29, 1.82) is 0 Å². The van der Waals surface area contributed by atoms with Crippen LogP contribution in [0, 0.1) is 27.9 Å². The normalized spacial score (nSPS) is 21.1. The molecular weight excluding hydrogens is 406 g/mol. The smallest absolute Gasteiger partial charge is 0.326 e. The first-order chi connectivity index (χ1) is 15.3. The van der Waals surface area contributed by atoms with E-state index in [-0.39, 0.29) is 24.3 Å². The lowest BCUT2D eigenvalue weighted by Crippen LogP contribution is -2.36. The molecule has 1 fully saturated rings. The molecule has 1 unspecified atom stereocenters. The first-order valence-electron chi connectivity index (χ1n) is 11.2. The highest BCUT2D eigenvalue weighted by molar-refractivity contribution is 5.83. The van der Waals surface area contributed by atoms with Crippen molar-refractivity contribution in [3.8, 4) is 11.4 Å². The molecule has 1 aliphatic carbocycles. The second-order valence-electron chi connectivity index (χ2n) is 9.17. The highest BCUT2D eigenvalue weighted by atomic mass is 16.6. The minimum absolute atomic E-state index is 0.0157. The first-order valence-corrected chi connectivity index (χ1v) is 11.2. The number of nitro groups is 1. The Hall–Kier alpha value is -3.22. The molecule has 7 nitrogen and oxygen atoms in total. The molecule has 4 rings (SSSR count). The number of non-ortho nitro benzene ring substituents is 1. The number of hydrogen-bond donors (Lipinski definition) is 0. The average Bonchev–Trinajstić information content (AvgIpc) is 3.12. The third-order valence-corrected chi connectivity index (χ3v) is 6.52. The van der Waals surface area contributed by atoms with Crippen molar-refractivity contribution in [2.24, 2.45) is 17.8 Å². The number of benzene rings is 2. The number of esters is 1. The molecule has 0 saturated heterocycles. The number of fused-ring (bicyclic) bond motifs is 1. The summed E-state index contributed by atoms with van der Waals surface area (Å²) >= 11 is 0. The fourth-order valence-corrected chi connectivity index (χ4v) is 4.77. The summed E-state index contributed by atoms with van der Waals surface area (Å²) in [4.78, 5) is 28.3. The van der Waals surface area contributed by atoms with Crippen molar-refractivity contribution in [3.63, 3.8) is 0 Å². The van der Waals surface area contributed by atoms with Gasteiger partial charge >= 0.3 is 5.97 Å². The maximum atomic E-state index is 13.1. The van der Waals surface area contributed by atoms with Crippen LogP contribution in [-0.4, -0.2) is 26.5 Å². The van der Waals surface area contributed by atoms with E-state index in [1.165, 1.54) is 18.6 Å². The van der Waals surface area contributed by atoms with Gasteiger partial charge in [0.1, 0.15) is 18.5 Å². The molecule has 1 aromatic heterocycles. The number of aromatic nitrogens is 2. The number of nitro benzene ring substituents is 1. The summed E-state index contributed by atoms with van der Waals surface area (Å²) in [5.41, 5.74) is 2.32. The summed E-state index contributed by atoms with van der Waals surface area (Å²) in [5.74, 6) is 1.71. The molecule has 168 valence electrons. The lowest BCUT2D eigenvalue weighted by atomic mass is 9.75. The van der Waals surface area contributed by atoms with Crippen molar-refractivity contribution in [1.82, 2.24) is 9.55 Å². The van der Waals surface area contributed by atoms with Crippen molar-refractivity contribution in [2.45, 2.75) is 52.7 Å². The van der Waals surface area contributed by atoms with E-state index in [2.05, 4.69) is 20.8 Å². The average molecular weight is 436 g/mol. The third-order valence-electron chi connectivity index (χ3n) is 6.52. The predicted molar refractivity (Wildman–Crippen MR) is 123 cm³/mol. The van der Waals surface area contributed by atoms with E-state index in [1.807, 2.05) is 28.8 Å². The molecule has 1 aliphatic rings. The second-order valence-corrected chi connectivity index (χ2v) is 9.17. The molecule has 1 saturated carbocycles. The number of imidazole rings is 1. The first kappa shape index (κ1) is 22.0. The van der Waals surface area contributed by atoms with Crippen LogP contribution in [0.5, 0.6) is 0 Å². The van der Waals surface area contributed by atoms with Gasteiger partial charge < -0.3 is 9.30 Å². The molecule has 3 atom stereocenters. The topological polar surface area (TPSA) is 87.3 Å². The van der Waals surface area contributed by atoms with E-state index in [1.54, 1.807) is 12.1 Å². The molecule has 0 bridgehead atoms. The van der Waals surface area contributed by atoms with Gasteiger partial charge in [0, 0.05) is 17.7 Å². The molecule has 7 heteroatoms. The molecule has 0 N–H and O–H groups in total. The van der Waals surface area contributed by atoms with Crippen LogP contribution in [-0.2, 0) is 16.1 Å². The third kappa shape index (κ3) is 4.52. The molecule has 0 aliphatic heterocycles. The monoisotopic (exact) mass is 435 g/mol. The quantitative estimate of drug-likeness (QED) is 0.285. The molecule has 2 aromatic carbocycles. The van der Waals surface area contributed by atoms with Gasteiger partial charge in [-0.3, -0.25) is 14.9 Å². The summed E-state index contributed by atoms with van der Waals surface area (Å²) < 4.78 is 7.87. The summed E-state index contributed by atoms with van der Waals surface area (Å²) in [7, 11) is 0. The van der Waals surface area contributed by atoms with Gasteiger partial charge in [-0.25, -0.2) is 4.98 Å². The van der Waals surface area contributed by atoms with E-state index >= 15 is 0 Å². The zero-order chi connectivity index (χ0) is 22.8. The fraction of sp³-hybridized carbons (Fsp3) is 0.440. The van der Waals surface area contributed by atoms with Crippen molar-refractivity contribution in [3.05, 3.63) is 58.6 Å². The zero-order valence-corrected chi connectivity index (χ0v) is 18.7. The van der Waals surface area contributed by atoms with E-state index in [9.17, 15) is 14.9 Å². The molecule has 1 heterocycles. The van der Waals surface area contributed by atoms with Gasteiger partial charge in [0.05, 0.1) is 16.0 Å². The predicted octanol–water partition coefficient (Wildman–Crippen LogP) is 5.62. The number of carbonyl (C=O) groups excluding carboxylic acids is 1. The summed E-state index contributed by atoms with van der Waals surface area (Å²) in [6.45, 7) is 6.64. The Morgan fingerprint density at radius 1 is 1.19 bits per heavy atom. The van der Waals surface area contributed by atoms with Crippen LogP contribution in [0.4, 0.5) is 5.69 Å². The summed E-state index contributed by atoms with van der Waals surface area (Å²) in [6.07, 6.45) is 3.09. The Morgan fingerprint density at radius 2 is 1.91 bits per heavy atom. The van der Waals surface area contributed by atoms with E-state index in [0.717, 1.165) is 23.9 Å². The van der Waals surface area contributed by atoms with Crippen molar-refractivity contribution >= 4 is 22.7 Å². The lowest BCUT2D eigenvalue weighted by Gasteiger charge is -2.36. The fourth-order valence-electron chi connectivity index (χ4n) is 4.77. The highest BCUT2D eigenvalue weighted by Gasteiger charge is 2.33. The van der Waals surface area contributed by atoms with Gasteiger partial charge in [0.2, 0.25) is 0 Å². The van der Waals surface area contributed by atoms with Crippen LogP contribution in [0.1, 0.15) is 40.0 Å². The van der Waals surface area contributed by atoms with Gasteiger partial charge in [-0.1, -0.05) is 39.3 Å². The SMILES string of the molecule is CC1CC[C@@H](C(C)C)[C@H](OC(=O)Cn2c(-c3ccc([N+](=O)[O-])cc3)nc3ccccc32)C1. The number of rotatable bonds is 6. The zero-order valence-electron chi connectivity index (χ0n) is 18.7. The largest absolute Gasteiger partial charge is 0.461 e. The van der Waals surface area contributed by atoms with Crippen LogP contribution in [0.2, 0.25) is 0 Å². The minimum atomic E-state index is -0.430. The number of nitrogens with zero attached hydrogens (tertiary/aromatic N) is 3. The number of carbonyl (C=O) groups is 1. The maximum Gasteiger partial charge on any atom is 0.326 e. The number of hydrogen-bond acceptors (Lipinski definition) is 5. The Morgan fingerprint density at radius 3 is 2.59 bits per heavy atom. The van der Waals surface area contributed by atoms with E-state index in [0.29, 0.717) is 29.1 Å². The van der Waals surface area contributed by atoms with Crippen molar-refractivity contribution < 1.29 is 14.5 Å². The van der Waals surface area contributed by atoms with Gasteiger partial charge in [0.25, 0.3) is 5.69 Å². The van der Waals surface area contributed by atoms with Gasteiger partial charge in [0.15, 0.2) is 0 Å². The Kier molecular flexibility index (Phi) is 6.26. The molecule has 0 amide bonds. The number of para-hydroxylation sites is 2. The second kappa shape index (κ2) is 9.10. The maximum absolute atomic E-state index is 13.1. The Bertz CT molecular complexity index is 1120. The summed E-state index contributed by atoms with van der Waals surface area (Å²) in [6, 6.07) is 13.9. The van der Waals surface area contributed by atoms with Crippen LogP contribution >= 0.6 is 0 Å². The van der Waals surface area contributed by atoms with Gasteiger partial charge in [-0.2, -0.15) is 0 Å². The van der Waals surface area contributed by atoms with E-state index in [4.69, 9.17) is 9.72 Å². The molecular formula is C25H29N3O4. The Balaban J connectivity index is 1.62. The standard InChI is InChI=1S/C25H29N3O4/c1-16(2)20-13-8-17(3)14-23(20)32-24(29)15-27-22-7-5-4-6-21(22)26-25(27)18-9-11-19(12-10-18)28(30)31/h4-7,9-12,16-17,20,23H,8,13-15H2,1-3H3/t17?,20-,23+/m0/s1. The van der Waals surface area contributed by atoms with Crippen molar-refractivity contribution in [2.75, 3.05) is 0 Å². The van der Waals surface area contributed by atoms with Crippen LogP contribution in [0.3, 0.4) is 0 Å². The van der Waals surface area contributed by atoms with Gasteiger partial charge in [-0.05, 0) is 54.9 Å². The summed E-state index contributed by atoms with van der Waals surface area (Å²) in [5, 5.41) is 11.0. The van der Waals surface area contributed by atoms with Gasteiger partial charge in [-0.15, -0.1) is 0 Å². The van der Waals surface area contributed by atoms with Crippen LogP contribution < -0.4 is 0 Å². The Labute approximate surface area is 187 Å². The molecule has 3 aromatic rings. The molecule has 0 spiro atoms. The molecule has 0 radical (unpaired) electrons. The highest BCUT2D eigenvalue weighted by Crippen LogP contribution is 2.35.